The van der Waals surface area contributed by atoms with E-state index in [0.29, 0.717) is 18.7 Å². The summed E-state index contributed by atoms with van der Waals surface area (Å²) in [6.45, 7) is 2.84. The second-order valence-electron chi connectivity index (χ2n) is 4.52. The molecule has 1 aromatic carbocycles. The van der Waals surface area contributed by atoms with Crippen molar-refractivity contribution in [3.05, 3.63) is 33.8 Å². The van der Waals surface area contributed by atoms with Crippen LogP contribution in [0.2, 0.25) is 0 Å². The lowest BCUT2D eigenvalue weighted by molar-refractivity contribution is -0.151. The van der Waals surface area contributed by atoms with Gasteiger partial charge in [-0.25, -0.2) is 4.79 Å². The number of amides is 1. The summed E-state index contributed by atoms with van der Waals surface area (Å²) in [5.74, 6) is -0.631. The van der Waals surface area contributed by atoms with Gasteiger partial charge in [-0.2, -0.15) is 0 Å². The first-order chi connectivity index (χ1) is 9.56. The van der Waals surface area contributed by atoms with E-state index in [2.05, 4.69) is 15.9 Å². The van der Waals surface area contributed by atoms with Gasteiger partial charge < -0.3 is 14.4 Å². The van der Waals surface area contributed by atoms with Gasteiger partial charge in [0.1, 0.15) is 0 Å². The number of hydrogen-bond donors (Lipinski definition) is 0. The number of morpholine rings is 1. The van der Waals surface area contributed by atoms with Crippen LogP contribution < -0.4 is 0 Å². The lowest BCUT2D eigenvalue weighted by Crippen LogP contribution is -2.53. The topological polar surface area (TPSA) is 55.8 Å². The number of carbonyl (C=O) groups excluding carboxylic acids is 2. The SMILES string of the molecule is COC(=O)C1COCCN1C(=O)c1cccc(Br)c1C. The van der Waals surface area contributed by atoms with Crippen molar-refractivity contribution in [2.75, 3.05) is 26.9 Å². The molecular formula is C14H16BrNO4. The van der Waals surface area contributed by atoms with E-state index in [1.165, 1.54) is 12.0 Å². The third-order valence-corrected chi connectivity index (χ3v) is 4.22. The number of methoxy groups -OCH3 is 1. The van der Waals surface area contributed by atoms with Crippen LogP contribution in [0.15, 0.2) is 22.7 Å². The molecule has 1 aliphatic rings. The molecule has 2 rings (SSSR count). The lowest BCUT2D eigenvalue weighted by atomic mass is 10.1. The molecular weight excluding hydrogens is 326 g/mol. The van der Waals surface area contributed by atoms with Gasteiger partial charge in [0.2, 0.25) is 0 Å². The van der Waals surface area contributed by atoms with Crippen LogP contribution in [0.3, 0.4) is 0 Å². The van der Waals surface area contributed by atoms with E-state index in [-0.39, 0.29) is 12.5 Å². The number of benzene rings is 1. The summed E-state index contributed by atoms with van der Waals surface area (Å²) in [5.41, 5.74) is 1.43. The molecule has 108 valence electrons. The molecule has 0 saturated carbocycles. The Hall–Kier alpha value is -1.40. The fourth-order valence-electron chi connectivity index (χ4n) is 2.17. The molecule has 0 aromatic heterocycles. The minimum absolute atomic E-state index is 0.172. The van der Waals surface area contributed by atoms with Crippen LogP contribution in [0, 0.1) is 6.92 Å². The fraction of sp³-hybridized carbons (Fsp3) is 0.429. The Morgan fingerprint density at radius 3 is 2.90 bits per heavy atom. The number of nitrogens with zero attached hydrogens (tertiary/aromatic N) is 1. The largest absolute Gasteiger partial charge is 0.467 e. The van der Waals surface area contributed by atoms with Crippen LogP contribution in [0.1, 0.15) is 15.9 Å². The summed E-state index contributed by atoms with van der Waals surface area (Å²) in [5, 5.41) is 0. The first-order valence-corrected chi connectivity index (χ1v) is 7.07. The summed E-state index contributed by atoms with van der Waals surface area (Å²) in [6, 6.07) is 4.76. The molecule has 0 aliphatic carbocycles. The molecule has 0 radical (unpaired) electrons. The Kier molecular flexibility index (Phi) is 4.77. The minimum Gasteiger partial charge on any atom is -0.467 e. The van der Waals surface area contributed by atoms with Gasteiger partial charge in [-0.1, -0.05) is 22.0 Å². The Labute approximate surface area is 126 Å². The molecule has 1 aliphatic heterocycles. The standard InChI is InChI=1S/C14H16BrNO4/c1-9-10(4-3-5-11(9)15)13(17)16-6-7-20-8-12(16)14(18)19-2/h3-5,12H,6-8H2,1-2H3. The molecule has 1 saturated heterocycles. The van der Waals surface area contributed by atoms with E-state index in [1.807, 2.05) is 13.0 Å². The van der Waals surface area contributed by atoms with E-state index in [4.69, 9.17) is 9.47 Å². The summed E-state index contributed by atoms with van der Waals surface area (Å²) in [4.78, 5) is 25.9. The third kappa shape index (κ3) is 2.86. The van der Waals surface area contributed by atoms with Gasteiger partial charge in [-0.15, -0.1) is 0 Å². The highest BCUT2D eigenvalue weighted by molar-refractivity contribution is 9.10. The maximum atomic E-state index is 12.6. The highest BCUT2D eigenvalue weighted by Gasteiger charge is 2.34. The fourth-order valence-corrected chi connectivity index (χ4v) is 2.54. The molecule has 0 N–H and O–H groups in total. The molecule has 1 amide bonds. The molecule has 1 heterocycles. The highest BCUT2D eigenvalue weighted by Crippen LogP contribution is 2.22. The summed E-state index contributed by atoms with van der Waals surface area (Å²) in [7, 11) is 1.31. The number of ether oxygens (including phenoxy) is 2. The Balaban J connectivity index is 2.30. The maximum Gasteiger partial charge on any atom is 0.331 e. The van der Waals surface area contributed by atoms with Crippen molar-refractivity contribution in [2.24, 2.45) is 0 Å². The quantitative estimate of drug-likeness (QED) is 0.769. The normalized spacial score (nSPS) is 18.8. The Morgan fingerprint density at radius 2 is 2.20 bits per heavy atom. The minimum atomic E-state index is -0.681. The first-order valence-electron chi connectivity index (χ1n) is 6.28. The second kappa shape index (κ2) is 6.37. The molecule has 5 nitrogen and oxygen atoms in total. The molecule has 1 atom stereocenters. The van der Waals surface area contributed by atoms with Crippen molar-refractivity contribution in [1.82, 2.24) is 4.90 Å². The number of halogens is 1. The summed E-state index contributed by atoms with van der Waals surface area (Å²) in [6.07, 6.45) is 0. The molecule has 20 heavy (non-hydrogen) atoms. The van der Waals surface area contributed by atoms with E-state index < -0.39 is 12.0 Å². The molecule has 6 heteroatoms. The zero-order valence-electron chi connectivity index (χ0n) is 11.4. The van der Waals surface area contributed by atoms with Crippen LogP contribution >= 0.6 is 15.9 Å². The van der Waals surface area contributed by atoms with Gasteiger partial charge in [-0.05, 0) is 24.6 Å². The smallest absolute Gasteiger partial charge is 0.331 e. The van der Waals surface area contributed by atoms with Gasteiger partial charge in [0, 0.05) is 16.6 Å². The van der Waals surface area contributed by atoms with Crippen molar-refractivity contribution in [3.63, 3.8) is 0 Å². The molecule has 1 fully saturated rings. The molecule has 1 unspecified atom stereocenters. The van der Waals surface area contributed by atoms with Crippen LogP contribution in [-0.4, -0.2) is 49.7 Å². The average Bonchev–Trinajstić information content (AvgIpc) is 2.48. The highest BCUT2D eigenvalue weighted by atomic mass is 79.9. The molecule has 1 aromatic rings. The summed E-state index contributed by atoms with van der Waals surface area (Å²) < 4.78 is 10.9. The van der Waals surface area contributed by atoms with Crippen LogP contribution in [0.5, 0.6) is 0 Å². The number of rotatable bonds is 2. The predicted molar refractivity (Wildman–Crippen MR) is 76.5 cm³/mol. The van der Waals surface area contributed by atoms with Gasteiger partial charge in [0.25, 0.3) is 5.91 Å². The van der Waals surface area contributed by atoms with Gasteiger partial charge in [0.05, 0.1) is 20.3 Å². The zero-order chi connectivity index (χ0) is 14.7. The number of hydrogen-bond acceptors (Lipinski definition) is 4. The molecule has 0 spiro atoms. The average molecular weight is 342 g/mol. The summed E-state index contributed by atoms with van der Waals surface area (Å²) >= 11 is 3.41. The van der Waals surface area contributed by atoms with Gasteiger partial charge in [0.15, 0.2) is 6.04 Å². The van der Waals surface area contributed by atoms with Crippen molar-refractivity contribution >= 4 is 27.8 Å². The third-order valence-electron chi connectivity index (χ3n) is 3.36. The lowest BCUT2D eigenvalue weighted by Gasteiger charge is -2.34. The molecule has 0 bridgehead atoms. The van der Waals surface area contributed by atoms with Crippen molar-refractivity contribution < 1.29 is 19.1 Å². The Morgan fingerprint density at radius 1 is 1.45 bits per heavy atom. The van der Waals surface area contributed by atoms with Crippen LogP contribution in [-0.2, 0) is 14.3 Å². The van der Waals surface area contributed by atoms with E-state index in [1.54, 1.807) is 12.1 Å². The van der Waals surface area contributed by atoms with Gasteiger partial charge in [-0.3, -0.25) is 4.79 Å². The Bertz CT molecular complexity index is 532. The van der Waals surface area contributed by atoms with E-state index in [0.717, 1.165) is 10.0 Å². The number of esters is 1. The van der Waals surface area contributed by atoms with Crippen molar-refractivity contribution in [1.29, 1.82) is 0 Å². The van der Waals surface area contributed by atoms with Crippen molar-refractivity contribution in [2.45, 2.75) is 13.0 Å². The predicted octanol–water partition coefficient (Wildman–Crippen LogP) is 1.77. The number of carbonyl (C=O) groups is 2. The second-order valence-corrected chi connectivity index (χ2v) is 5.38. The van der Waals surface area contributed by atoms with Crippen LogP contribution in [0.25, 0.3) is 0 Å². The van der Waals surface area contributed by atoms with Crippen LogP contribution in [0.4, 0.5) is 0 Å². The van der Waals surface area contributed by atoms with E-state index in [9.17, 15) is 9.59 Å². The first kappa shape index (κ1) is 15.0. The maximum absolute atomic E-state index is 12.6. The van der Waals surface area contributed by atoms with Gasteiger partial charge >= 0.3 is 5.97 Å². The van der Waals surface area contributed by atoms with Crippen molar-refractivity contribution in [3.8, 4) is 0 Å². The zero-order valence-corrected chi connectivity index (χ0v) is 13.0. The monoisotopic (exact) mass is 341 g/mol. The van der Waals surface area contributed by atoms with E-state index >= 15 is 0 Å².